The van der Waals surface area contributed by atoms with E-state index in [4.69, 9.17) is 0 Å². The Kier molecular flexibility index (Phi) is 5.69. The molecule has 3 rings (SSSR count). The summed E-state index contributed by atoms with van der Waals surface area (Å²) in [6, 6.07) is 6.28. The summed E-state index contributed by atoms with van der Waals surface area (Å²) in [5.41, 5.74) is 1.55. The summed E-state index contributed by atoms with van der Waals surface area (Å²) in [7, 11) is 1.99. The SMILES string of the molecule is CN(CCCN1CCCCC1)c1nncc(-c2ccc(F)cc2)n1. The van der Waals surface area contributed by atoms with Crippen molar-refractivity contribution in [2.24, 2.45) is 0 Å². The minimum absolute atomic E-state index is 0.254. The van der Waals surface area contributed by atoms with Gasteiger partial charge in [0.05, 0.1) is 11.9 Å². The summed E-state index contributed by atoms with van der Waals surface area (Å²) in [5, 5.41) is 8.17. The van der Waals surface area contributed by atoms with Crippen LogP contribution in [-0.2, 0) is 0 Å². The van der Waals surface area contributed by atoms with E-state index in [1.807, 2.05) is 11.9 Å². The van der Waals surface area contributed by atoms with Gasteiger partial charge in [-0.15, -0.1) is 5.10 Å². The van der Waals surface area contributed by atoms with Crippen LogP contribution in [0.1, 0.15) is 25.7 Å². The van der Waals surface area contributed by atoms with Gasteiger partial charge >= 0.3 is 0 Å². The van der Waals surface area contributed by atoms with Crippen LogP contribution in [0, 0.1) is 5.82 Å². The van der Waals surface area contributed by atoms with E-state index in [0.29, 0.717) is 11.6 Å². The van der Waals surface area contributed by atoms with Gasteiger partial charge in [0.15, 0.2) is 0 Å². The van der Waals surface area contributed by atoms with Crippen LogP contribution < -0.4 is 4.90 Å². The topological polar surface area (TPSA) is 45.2 Å². The highest BCUT2D eigenvalue weighted by Crippen LogP contribution is 2.18. The second kappa shape index (κ2) is 8.15. The molecule has 0 unspecified atom stereocenters. The molecule has 128 valence electrons. The third-order valence-electron chi connectivity index (χ3n) is 4.45. The molecule has 1 aromatic heterocycles. The zero-order valence-corrected chi connectivity index (χ0v) is 14.2. The van der Waals surface area contributed by atoms with E-state index >= 15 is 0 Å². The largest absolute Gasteiger partial charge is 0.343 e. The van der Waals surface area contributed by atoms with E-state index in [1.54, 1.807) is 18.3 Å². The van der Waals surface area contributed by atoms with Gasteiger partial charge in [-0.25, -0.2) is 9.37 Å². The molecule has 0 N–H and O–H groups in total. The summed E-state index contributed by atoms with van der Waals surface area (Å²) in [6.45, 7) is 4.46. The molecule has 6 heteroatoms. The molecule has 1 saturated heterocycles. The lowest BCUT2D eigenvalue weighted by atomic mass is 10.1. The Morgan fingerprint density at radius 1 is 1.12 bits per heavy atom. The van der Waals surface area contributed by atoms with E-state index in [0.717, 1.165) is 25.1 Å². The van der Waals surface area contributed by atoms with Crippen LogP contribution in [0.2, 0.25) is 0 Å². The van der Waals surface area contributed by atoms with Gasteiger partial charge in [-0.05, 0) is 63.2 Å². The van der Waals surface area contributed by atoms with Crippen molar-refractivity contribution in [1.82, 2.24) is 20.1 Å². The highest BCUT2D eigenvalue weighted by molar-refractivity contribution is 5.58. The summed E-state index contributed by atoms with van der Waals surface area (Å²) in [5.74, 6) is 0.353. The molecule has 1 aliphatic rings. The molecule has 5 nitrogen and oxygen atoms in total. The van der Waals surface area contributed by atoms with E-state index in [2.05, 4.69) is 20.1 Å². The molecule has 1 aromatic carbocycles. The lowest BCUT2D eigenvalue weighted by molar-refractivity contribution is 0.227. The first kappa shape index (κ1) is 16.8. The molecule has 2 aromatic rings. The molecular formula is C18H24FN5. The Labute approximate surface area is 142 Å². The summed E-state index contributed by atoms with van der Waals surface area (Å²) >= 11 is 0. The van der Waals surface area contributed by atoms with Crippen LogP contribution in [0.15, 0.2) is 30.5 Å². The number of hydrogen-bond donors (Lipinski definition) is 0. The Morgan fingerprint density at radius 2 is 1.88 bits per heavy atom. The molecule has 2 heterocycles. The van der Waals surface area contributed by atoms with E-state index in [9.17, 15) is 4.39 Å². The molecule has 0 spiro atoms. The van der Waals surface area contributed by atoms with Crippen LogP contribution in [0.5, 0.6) is 0 Å². The molecule has 0 aliphatic carbocycles. The summed E-state index contributed by atoms with van der Waals surface area (Å²) in [6.07, 6.45) is 6.70. The van der Waals surface area contributed by atoms with Crippen LogP contribution in [-0.4, -0.2) is 53.3 Å². The van der Waals surface area contributed by atoms with Gasteiger partial charge in [-0.1, -0.05) is 6.42 Å². The predicted molar refractivity (Wildman–Crippen MR) is 93.4 cm³/mol. The number of anilines is 1. The highest BCUT2D eigenvalue weighted by atomic mass is 19.1. The number of benzene rings is 1. The number of nitrogens with zero attached hydrogens (tertiary/aromatic N) is 5. The van der Waals surface area contributed by atoms with E-state index < -0.39 is 0 Å². The molecule has 24 heavy (non-hydrogen) atoms. The number of aromatic nitrogens is 3. The molecule has 0 atom stereocenters. The maximum atomic E-state index is 13.0. The summed E-state index contributed by atoms with van der Waals surface area (Å²) < 4.78 is 13.0. The van der Waals surface area contributed by atoms with Crippen LogP contribution >= 0.6 is 0 Å². The fraction of sp³-hybridized carbons (Fsp3) is 0.500. The maximum absolute atomic E-state index is 13.0. The standard InChI is InChI=1S/C18H24FN5/c1-23(10-5-13-24-11-3-2-4-12-24)18-21-17(14-20-22-18)15-6-8-16(19)9-7-15/h6-9,14H,2-5,10-13H2,1H3. The monoisotopic (exact) mass is 329 g/mol. The van der Waals surface area contributed by atoms with Gasteiger partial charge < -0.3 is 9.80 Å². The quantitative estimate of drug-likeness (QED) is 0.815. The molecule has 0 radical (unpaired) electrons. The second-order valence-corrected chi connectivity index (χ2v) is 6.33. The number of rotatable bonds is 6. The third kappa shape index (κ3) is 4.47. The minimum atomic E-state index is -0.254. The van der Waals surface area contributed by atoms with Crippen molar-refractivity contribution < 1.29 is 4.39 Å². The Bertz CT molecular complexity index is 640. The summed E-state index contributed by atoms with van der Waals surface area (Å²) in [4.78, 5) is 9.12. The van der Waals surface area contributed by atoms with Gasteiger partial charge in [-0.2, -0.15) is 5.10 Å². The minimum Gasteiger partial charge on any atom is -0.343 e. The Morgan fingerprint density at radius 3 is 2.62 bits per heavy atom. The van der Waals surface area contributed by atoms with Crippen molar-refractivity contribution in [3.8, 4) is 11.3 Å². The highest BCUT2D eigenvalue weighted by Gasteiger charge is 2.11. The molecule has 0 saturated carbocycles. The smallest absolute Gasteiger partial charge is 0.245 e. The van der Waals surface area contributed by atoms with Gasteiger partial charge in [0, 0.05) is 19.2 Å². The molecular weight excluding hydrogens is 305 g/mol. The van der Waals surface area contributed by atoms with Crippen molar-refractivity contribution in [2.75, 3.05) is 38.1 Å². The maximum Gasteiger partial charge on any atom is 0.245 e. The Balaban J connectivity index is 1.57. The van der Waals surface area contributed by atoms with Crippen molar-refractivity contribution in [3.05, 3.63) is 36.3 Å². The first-order valence-electron chi connectivity index (χ1n) is 8.61. The lowest BCUT2D eigenvalue weighted by Crippen LogP contribution is -2.33. The van der Waals surface area contributed by atoms with E-state index in [-0.39, 0.29) is 5.82 Å². The molecule has 0 amide bonds. The molecule has 1 fully saturated rings. The van der Waals surface area contributed by atoms with Crippen LogP contribution in [0.25, 0.3) is 11.3 Å². The third-order valence-corrected chi connectivity index (χ3v) is 4.45. The zero-order valence-electron chi connectivity index (χ0n) is 14.2. The van der Waals surface area contributed by atoms with Crippen LogP contribution in [0.3, 0.4) is 0 Å². The van der Waals surface area contributed by atoms with Crippen molar-refractivity contribution >= 4 is 5.95 Å². The Hall–Kier alpha value is -2.08. The average Bonchev–Trinajstić information content (AvgIpc) is 2.63. The number of likely N-dealkylation sites (tertiary alicyclic amines) is 1. The van der Waals surface area contributed by atoms with Crippen molar-refractivity contribution in [1.29, 1.82) is 0 Å². The predicted octanol–water partition coefficient (Wildman–Crippen LogP) is 2.99. The first-order chi connectivity index (χ1) is 11.7. The normalized spacial score (nSPS) is 15.4. The lowest BCUT2D eigenvalue weighted by Gasteiger charge is -2.27. The van der Waals surface area contributed by atoms with Gasteiger partial charge in [0.2, 0.25) is 5.95 Å². The van der Waals surface area contributed by atoms with Crippen molar-refractivity contribution in [2.45, 2.75) is 25.7 Å². The number of piperidine rings is 1. The van der Waals surface area contributed by atoms with Gasteiger partial charge in [0.1, 0.15) is 5.82 Å². The van der Waals surface area contributed by atoms with Crippen LogP contribution in [0.4, 0.5) is 10.3 Å². The first-order valence-corrected chi connectivity index (χ1v) is 8.61. The van der Waals surface area contributed by atoms with Gasteiger partial charge in [-0.3, -0.25) is 0 Å². The zero-order chi connectivity index (χ0) is 16.8. The van der Waals surface area contributed by atoms with E-state index in [1.165, 1.54) is 44.5 Å². The van der Waals surface area contributed by atoms with Gasteiger partial charge in [0.25, 0.3) is 0 Å². The second-order valence-electron chi connectivity index (χ2n) is 6.33. The molecule has 1 aliphatic heterocycles. The number of halogens is 1. The molecule has 0 bridgehead atoms. The number of hydrogen-bond acceptors (Lipinski definition) is 5. The fourth-order valence-electron chi connectivity index (χ4n) is 3.03. The fourth-order valence-corrected chi connectivity index (χ4v) is 3.03. The average molecular weight is 329 g/mol. The van der Waals surface area contributed by atoms with Crippen molar-refractivity contribution in [3.63, 3.8) is 0 Å².